The number of aryl methyl sites for hydroxylation is 2. The number of halogens is 1. The molecule has 2 nitrogen and oxygen atoms in total. The Labute approximate surface area is 101 Å². The zero-order valence-corrected chi connectivity index (χ0v) is 11.5. The number of hydrogen-bond acceptors (Lipinski definition) is 1. The van der Waals surface area contributed by atoms with E-state index in [0.29, 0.717) is 0 Å². The van der Waals surface area contributed by atoms with E-state index in [1.165, 1.54) is 17.8 Å². The fourth-order valence-corrected chi connectivity index (χ4v) is 2.42. The minimum Gasteiger partial charge on any atom is -0.270 e. The molecule has 0 aromatic carbocycles. The van der Waals surface area contributed by atoms with Crippen molar-refractivity contribution in [3.05, 3.63) is 17.5 Å². The molecule has 0 aliphatic heterocycles. The van der Waals surface area contributed by atoms with Gasteiger partial charge in [-0.1, -0.05) is 36.2 Å². The second-order valence-corrected chi connectivity index (χ2v) is 4.58. The lowest BCUT2D eigenvalue weighted by Gasteiger charge is -2.11. The van der Waals surface area contributed by atoms with E-state index in [0.717, 1.165) is 30.6 Å². The van der Waals surface area contributed by atoms with Crippen molar-refractivity contribution in [1.82, 2.24) is 9.78 Å². The van der Waals surface area contributed by atoms with Crippen LogP contribution in [0.4, 0.5) is 0 Å². The van der Waals surface area contributed by atoms with Crippen LogP contribution in [0.15, 0.2) is 6.07 Å². The van der Waals surface area contributed by atoms with E-state index in [9.17, 15) is 0 Å². The van der Waals surface area contributed by atoms with E-state index < -0.39 is 0 Å². The van der Waals surface area contributed by atoms with Crippen LogP contribution in [0.1, 0.15) is 38.6 Å². The molecule has 86 valence electrons. The molecule has 1 heterocycles. The molecular formula is C12H21BrN2. The summed E-state index contributed by atoms with van der Waals surface area (Å²) < 4.78 is 2.14. The van der Waals surface area contributed by atoms with Gasteiger partial charge in [-0.05, 0) is 31.7 Å². The monoisotopic (exact) mass is 272 g/mol. The predicted molar refractivity (Wildman–Crippen MR) is 68.6 cm³/mol. The van der Waals surface area contributed by atoms with Crippen molar-refractivity contribution in [2.75, 3.05) is 5.33 Å². The molecule has 0 aliphatic carbocycles. The highest BCUT2D eigenvalue weighted by molar-refractivity contribution is 9.09. The number of aromatic nitrogens is 2. The zero-order valence-electron chi connectivity index (χ0n) is 9.96. The molecule has 1 atom stereocenters. The van der Waals surface area contributed by atoms with E-state index in [2.05, 4.69) is 52.5 Å². The van der Waals surface area contributed by atoms with Crippen LogP contribution >= 0.6 is 15.9 Å². The number of alkyl halides is 1. The topological polar surface area (TPSA) is 17.8 Å². The third-order valence-electron chi connectivity index (χ3n) is 2.87. The Morgan fingerprint density at radius 2 is 2.13 bits per heavy atom. The molecule has 0 fully saturated rings. The highest BCUT2D eigenvalue weighted by Crippen LogP contribution is 2.16. The van der Waals surface area contributed by atoms with Gasteiger partial charge in [0.25, 0.3) is 0 Å². The van der Waals surface area contributed by atoms with E-state index in [1.807, 2.05) is 0 Å². The van der Waals surface area contributed by atoms with Crippen molar-refractivity contribution in [1.29, 1.82) is 0 Å². The zero-order chi connectivity index (χ0) is 11.3. The van der Waals surface area contributed by atoms with E-state index in [1.54, 1.807) is 0 Å². The largest absolute Gasteiger partial charge is 0.270 e. The first-order valence-corrected chi connectivity index (χ1v) is 6.98. The molecule has 3 heteroatoms. The van der Waals surface area contributed by atoms with E-state index in [-0.39, 0.29) is 0 Å². The van der Waals surface area contributed by atoms with Crippen molar-refractivity contribution in [3.8, 4) is 0 Å². The summed E-state index contributed by atoms with van der Waals surface area (Å²) in [6.45, 7) is 7.55. The summed E-state index contributed by atoms with van der Waals surface area (Å²) in [5.41, 5.74) is 2.61. The molecule has 1 aromatic heterocycles. The molecule has 0 spiro atoms. The molecule has 1 unspecified atom stereocenters. The van der Waals surface area contributed by atoms with Gasteiger partial charge in [0.1, 0.15) is 0 Å². The fourth-order valence-electron chi connectivity index (χ4n) is 1.73. The Morgan fingerprint density at radius 3 is 2.60 bits per heavy atom. The van der Waals surface area contributed by atoms with Crippen molar-refractivity contribution in [2.45, 2.75) is 46.6 Å². The van der Waals surface area contributed by atoms with Gasteiger partial charge in [0.15, 0.2) is 0 Å². The maximum atomic E-state index is 4.57. The Hall–Kier alpha value is -0.310. The first-order chi connectivity index (χ1) is 7.24. The van der Waals surface area contributed by atoms with Gasteiger partial charge >= 0.3 is 0 Å². The summed E-state index contributed by atoms with van der Waals surface area (Å²) in [5.74, 6) is 0.733. The molecule has 1 rings (SSSR count). The van der Waals surface area contributed by atoms with Gasteiger partial charge < -0.3 is 0 Å². The summed E-state index contributed by atoms with van der Waals surface area (Å²) >= 11 is 3.57. The Bertz CT molecular complexity index is 290. The van der Waals surface area contributed by atoms with Crippen LogP contribution in [0, 0.1) is 5.92 Å². The normalized spacial score (nSPS) is 13.1. The van der Waals surface area contributed by atoms with Gasteiger partial charge in [0, 0.05) is 17.6 Å². The number of nitrogens with zero attached hydrogens (tertiary/aromatic N) is 2. The SMILES string of the molecule is CCc1cc(CC(CC)CBr)n(CC)n1. The van der Waals surface area contributed by atoms with Gasteiger partial charge in [-0.3, -0.25) is 4.68 Å². The smallest absolute Gasteiger partial charge is 0.0624 e. The lowest BCUT2D eigenvalue weighted by molar-refractivity contribution is 0.525. The van der Waals surface area contributed by atoms with Crippen molar-refractivity contribution in [2.24, 2.45) is 5.92 Å². The predicted octanol–water partition coefficient (Wildman–Crippen LogP) is 3.43. The summed E-state index contributed by atoms with van der Waals surface area (Å²) in [7, 11) is 0. The second kappa shape index (κ2) is 6.31. The van der Waals surface area contributed by atoms with Crippen LogP contribution in [0.5, 0.6) is 0 Å². The third-order valence-corrected chi connectivity index (χ3v) is 3.78. The molecule has 0 aliphatic rings. The summed E-state index contributed by atoms with van der Waals surface area (Å²) in [5, 5.41) is 5.65. The average Bonchev–Trinajstić information content (AvgIpc) is 2.68. The molecule has 0 amide bonds. The van der Waals surface area contributed by atoms with Gasteiger partial charge in [0.2, 0.25) is 0 Å². The molecule has 0 radical (unpaired) electrons. The first-order valence-electron chi connectivity index (χ1n) is 5.86. The van der Waals surface area contributed by atoms with Gasteiger partial charge in [-0.2, -0.15) is 5.10 Å². The van der Waals surface area contributed by atoms with Crippen molar-refractivity contribution < 1.29 is 0 Å². The van der Waals surface area contributed by atoms with Crippen LogP contribution in [0.3, 0.4) is 0 Å². The van der Waals surface area contributed by atoms with E-state index in [4.69, 9.17) is 0 Å². The van der Waals surface area contributed by atoms with Gasteiger partial charge in [-0.25, -0.2) is 0 Å². The quantitative estimate of drug-likeness (QED) is 0.726. The van der Waals surface area contributed by atoms with Gasteiger partial charge in [0.05, 0.1) is 5.69 Å². The third kappa shape index (κ3) is 3.33. The molecule has 0 N–H and O–H groups in total. The lowest BCUT2D eigenvalue weighted by Crippen LogP contribution is -2.10. The molecule has 0 saturated heterocycles. The van der Waals surface area contributed by atoms with Crippen molar-refractivity contribution >= 4 is 15.9 Å². The molecular weight excluding hydrogens is 252 g/mol. The summed E-state index contributed by atoms with van der Waals surface area (Å²) in [6.07, 6.45) is 3.40. The molecule has 0 saturated carbocycles. The Morgan fingerprint density at radius 1 is 1.40 bits per heavy atom. The van der Waals surface area contributed by atoms with Crippen LogP contribution in [0.25, 0.3) is 0 Å². The Kier molecular flexibility index (Phi) is 5.37. The number of rotatable bonds is 6. The number of hydrogen-bond donors (Lipinski definition) is 0. The van der Waals surface area contributed by atoms with Gasteiger partial charge in [-0.15, -0.1) is 0 Å². The summed E-state index contributed by atoms with van der Waals surface area (Å²) in [6, 6.07) is 2.26. The van der Waals surface area contributed by atoms with Crippen molar-refractivity contribution in [3.63, 3.8) is 0 Å². The highest BCUT2D eigenvalue weighted by Gasteiger charge is 2.11. The second-order valence-electron chi connectivity index (χ2n) is 3.93. The molecule has 15 heavy (non-hydrogen) atoms. The van der Waals surface area contributed by atoms with Crippen LogP contribution < -0.4 is 0 Å². The summed E-state index contributed by atoms with van der Waals surface area (Å²) in [4.78, 5) is 0. The molecule has 0 bridgehead atoms. The minimum atomic E-state index is 0.733. The van der Waals surface area contributed by atoms with E-state index >= 15 is 0 Å². The van der Waals surface area contributed by atoms with Crippen LogP contribution in [-0.4, -0.2) is 15.1 Å². The van der Waals surface area contributed by atoms with Crippen LogP contribution in [-0.2, 0) is 19.4 Å². The Balaban J connectivity index is 2.77. The first kappa shape index (κ1) is 12.8. The highest BCUT2D eigenvalue weighted by atomic mass is 79.9. The van der Waals surface area contributed by atoms with Crippen LogP contribution in [0.2, 0.25) is 0 Å². The molecule has 1 aromatic rings. The minimum absolute atomic E-state index is 0.733. The maximum absolute atomic E-state index is 4.57. The average molecular weight is 273 g/mol. The maximum Gasteiger partial charge on any atom is 0.0624 e. The lowest BCUT2D eigenvalue weighted by atomic mass is 10.0. The fraction of sp³-hybridized carbons (Fsp3) is 0.750. The standard InChI is InChI=1S/C12H21BrN2/c1-4-10(9-13)7-12-8-11(5-2)14-15(12)6-3/h8,10H,4-7,9H2,1-3H3.